The van der Waals surface area contributed by atoms with Crippen molar-refractivity contribution in [3.05, 3.63) is 48.6 Å². The fourth-order valence-corrected chi connectivity index (χ4v) is 9.19. The maximum atomic E-state index is 11.2. The third kappa shape index (κ3) is 113. The largest absolute Gasteiger partial charge is 2.00 e. The van der Waals surface area contributed by atoms with E-state index in [1.807, 2.05) is 0 Å². The number of ether oxygens (including phenoxy) is 4. The fraction of sp³-hybridized carbons (Fsp3) is 0.838. The van der Waals surface area contributed by atoms with E-state index in [0.29, 0.717) is 75.1 Å². The van der Waals surface area contributed by atoms with E-state index in [-0.39, 0.29) is 100 Å². The van der Waals surface area contributed by atoms with Gasteiger partial charge in [-0.25, -0.2) is 0 Å². The molecule has 0 saturated heterocycles. The maximum Gasteiger partial charge on any atom is 2.00 e. The van der Waals surface area contributed by atoms with Crippen LogP contribution in [0.5, 0.6) is 0 Å². The van der Waals surface area contributed by atoms with E-state index in [1.165, 1.54) is 231 Å². The number of esters is 4. The van der Waals surface area contributed by atoms with Crippen molar-refractivity contribution in [3.8, 4) is 0 Å². The molecule has 0 aliphatic carbocycles. The van der Waals surface area contributed by atoms with E-state index in [1.54, 1.807) is 0 Å². The summed E-state index contributed by atoms with van der Waals surface area (Å²) in [5, 5.41) is 0. The number of allylic oxidation sites excluding steroid dienone is 8. The number of carbonyl (C=O) groups is 4. The van der Waals surface area contributed by atoms with Crippen molar-refractivity contribution in [1.82, 2.24) is 0 Å². The molecule has 8 nitrogen and oxygen atoms in total. The summed E-state index contributed by atoms with van der Waals surface area (Å²) in [6, 6.07) is 0. The molecule has 0 aromatic carbocycles. The van der Waals surface area contributed by atoms with Gasteiger partial charge in [-0.2, -0.15) is 13.5 Å². The normalized spacial score (nSPS) is 10.5. The van der Waals surface area contributed by atoms with Gasteiger partial charge in [-0.1, -0.05) is 245 Å². The van der Waals surface area contributed by atoms with Crippen molar-refractivity contribution in [2.75, 3.05) is 49.4 Å². The monoisotopic (exact) mass is 1560 g/mol. The van der Waals surface area contributed by atoms with Crippen molar-refractivity contribution < 1.29 is 38.1 Å². The SMILES string of the molecule is C.C.CCCCCCC/C=C/CCCCCCC(=O)OCC[S-].CCCCCCC/C=C/CCCCCCC(=O)OCC[S-].CCCCCCC/C=C/CCCCCCC(=O)OCC[S-].CCCCCCC/C=C/CCCCCCC(=O)OCC[S-].S.[Sn+2].[Sn+2]. The van der Waals surface area contributed by atoms with Gasteiger partial charge in [0, 0.05) is 25.7 Å². The smallest absolute Gasteiger partial charge is 0.789 e. The van der Waals surface area contributed by atoms with Crippen LogP contribution in [0.15, 0.2) is 48.6 Å². The molecule has 0 saturated carbocycles. The standard InChI is InChI=1S/4C18H34O2S.2CH4.H2S.2Sn/c4*1-2-3-4-5-6-7-8-9-10-11-12-13-14-15-18(19)20-16-17-21;;;;;/h4*8-9,21H,2-7,10-17H2,1H3;2*1H4;1H2;;/q;;;;;;;2*+2/p-4/b4*9-8+;;;;;. The first-order valence-electron chi connectivity index (χ1n) is 34.8. The third-order valence-corrected chi connectivity index (χ3v) is 14.6. The molecule has 0 bridgehead atoms. The fourth-order valence-electron chi connectivity index (χ4n) is 8.86. The minimum atomic E-state index is -0.0946. The Morgan fingerprint density at radius 1 is 0.247 bits per heavy atom. The summed E-state index contributed by atoms with van der Waals surface area (Å²) in [4.78, 5) is 44.9. The van der Waals surface area contributed by atoms with Gasteiger partial charge in [0.25, 0.3) is 0 Å². The van der Waals surface area contributed by atoms with Crippen molar-refractivity contribution >= 4 is 136 Å². The maximum absolute atomic E-state index is 11.2. The number of unbranched alkanes of at least 4 members (excludes halogenated alkanes) is 36. The van der Waals surface area contributed by atoms with Crippen LogP contribution >= 0.6 is 13.5 Å². The van der Waals surface area contributed by atoms with Crippen LogP contribution in [-0.4, -0.2) is 121 Å². The van der Waals surface area contributed by atoms with Gasteiger partial charge in [0.1, 0.15) is 0 Å². The second-order valence-corrected chi connectivity index (χ2v) is 23.8. The molecular weight excluding hydrogens is 1410 g/mol. The van der Waals surface area contributed by atoms with Gasteiger partial charge in [0.05, 0.1) is 26.4 Å². The van der Waals surface area contributed by atoms with Crippen LogP contribution in [0.25, 0.3) is 0 Å². The molecule has 0 heterocycles. The average molecular weight is 1560 g/mol. The van der Waals surface area contributed by atoms with Crippen molar-refractivity contribution in [3.63, 3.8) is 0 Å². The zero-order chi connectivity index (χ0) is 62.4. The molecule has 0 amide bonds. The van der Waals surface area contributed by atoms with Gasteiger partial charge in [-0.15, -0.1) is 23.0 Å². The Bertz CT molecular complexity index is 1230. The summed E-state index contributed by atoms with van der Waals surface area (Å²) < 4.78 is 19.8. The predicted octanol–water partition coefficient (Wildman–Crippen LogP) is 22.0. The van der Waals surface area contributed by atoms with Gasteiger partial charge in [0.2, 0.25) is 0 Å². The molecule has 0 rings (SSSR count). The summed E-state index contributed by atoms with van der Waals surface area (Å²) in [7, 11) is 0. The molecule has 0 spiro atoms. The molecule has 15 heteroatoms. The van der Waals surface area contributed by atoms with Crippen LogP contribution in [-0.2, 0) is 88.6 Å². The molecule has 0 N–H and O–H groups in total. The Labute approximate surface area is 617 Å². The van der Waals surface area contributed by atoms with E-state index < -0.39 is 0 Å². The van der Waals surface area contributed by atoms with Crippen LogP contribution in [0.1, 0.15) is 351 Å². The molecule has 0 aromatic rings. The van der Waals surface area contributed by atoms with Crippen LogP contribution in [0.2, 0.25) is 0 Å². The third-order valence-electron chi connectivity index (χ3n) is 14.0. The Balaban J connectivity index is -0.000000134. The van der Waals surface area contributed by atoms with Crippen LogP contribution in [0.3, 0.4) is 0 Å². The molecule has 0 aromatic heterocycles. The van der Waals surface area contributed by atoms with Crippen molar-refractivity contribution in [1.29, 1.82) is 0 Å². The Kier molecular flexibility index (Phi) is 126. The molecule has 0 fully saturated rings. The molecule has 0 unspecified atom stereocenters. The van der Waals surface area contributed by atoms with Crippen LogP contribution in [0, 0.1) is 0 Å². The van der Waals surface area contributed by atoms with Gasteiger partial charge < -0.3 is 69.5 Å². The van der Waals surface area contributed by atoms with E-state index in [2.05, 4.69) is 76.3 Å². The number of rotatable bonds is 60. The van der Waals surface area contributed by atoms with Crippen molar-refractivity contribution in [2.24, 2.45) is 0 Å². The topological polar surface area (TPSA) is 105 Å². The second kappa shape index (κ2) is 104. The molecule has 0 aliphatic heterocycles. The quantitative estimate of drug-likeness (QED) is 0.0145. The van der Waals surface area contributed by atoms with E-state index in [4.69, 9.17) is 69.5 Å². The Morgan fingerprint density at radius 3 is 0.517 bits per heavy atom. The molecule has 89 heavy (non-hydrogen) atoms. The number of hydrogen-bond acceptors (Lipinski definition) is 12. The van der Waals surface area contributed by atoms with Gasteiger partial charge >= 0.3 is 71.7 Å². The molecule has 524 valence electrons. The Morgan fingerprint density at radius 2 is 0.382 bits per heavy atom. The van der Waals surface area contributed by atoms with E-state index in [9.17, 15) is 19.2 Å². The summed E-state index contributed by atoms with van der Waals surface area (Å²) >= 11 is 18.9. The predicted molar refractivity (Wildman–Crippen MR) is 409 cm³/mol. The molecule has 0 aliphatic rings. The first-order valence-corrected chi connectivity index (χ1v) is 37.1. The number of carbonyl (C=O) groups excluding carboxylic acids is 4. The van der Waals surface area contributed by atoms with Gasteiger partial charge in [-0.05, 0) is 128 Å². The summed E-state index contributed by atoms with van der Waals surface area (Å²) in [6.45, 7) is 10.6. The Hall–Kier alpha value is 0.187. The minimum absolute atomic E-state index is 0. The van der Waals surface area contributed by atoms with E-state index in [0.717, 1.165) is 51.4 Å². The summed E-state index contributed by atoms with van der Waals surface area (Å²) in [5.74, 6) is 1.61. The summed E-state index contributed by atoms with van der Waals surface area (Å²) in [5.41, 5.74) is 0. The van der Waals surface area contributed by atoms with Crippen LogP contribution < -0.4 is 0 Å². The average Bonchev–Trinajstić information content (AvgIpc) is 3.50. The zero-order valence-electron chi connectivity index (χ0n) is 56.6. The van der Waals surface area contributed by atoms with Crippen molar-refractivity contribution in [2.45, 2.75) is 351 Å². The van der Waals surface area contributed by atoms with Crippen LogP contribution in [0.4, 0.5) is 0 Å². The molecule has 0 atom stereocenters. The number of hydrogen-bond donors (Lipinski definition) is 0. The second-order valence-electron chi connectivity index (χ2n) is 22.2. The first-order chi connectivity index (χ1) is 41.2. The van der Waals surface area contributed by atoms with E-state index >= 15 is 0 Å². The first kappa shape index (κ1) is 108. The molecular formula is C74H142O8S5Sn2. The van der Waals surface area contributed by atoms with Gasteiger partial charge in [0.15, 0.2) is 0 Å². The van der Waals surface area contributed by atoms with Gasteiger partial charge in [-0.3, -0.25) is 19.2 Å². The summed E-state index contributed by atoms with van der Waals surface area (Å²) in [6.07, 6.45) is 75.6. The minimum Gasteiger partial charge on any atom is -0.789 e. The zero-order valence-corrected chi connectivity index (χ0v) is 66.6. The molecule has 4 radical (unpaired) electrons.